The first-order chi connectivity index (χ1) is 2.93. The van der Waals surface area contributed by atoms with Crippen LogP contribution in [0.2, 0.25) is 0 Å². The number of hydrogen-bond acceptors (Lipinski definition) is 2. The van der Waals surface area contributed by atoms with Crippen molar-refractivity contribution in [1.29, 1.82) is 0 Å². The summed E-state index contributed by atoms with van der Waals surface area (Å²) in [6.45, 7) is 0. The summed E-state index contributed by atoms with van der Waals surface area (Å²) in [5.74, 6) is 2.31. The van der Waals surface area contributed by atoms with Crippen molar-refractivity contribution in [1.82, 2.24) is 0 Å². The van der Waals surface area contributed by atoms with Crippen molar-refractivity contribution >= 4 is 22.2 Å². The van der Waals surface area contributed by atoms with E-state index in [1.165, 1.54) is 0 Å². The normalized spacial score (nSPS) is 23.5. The fraction of sp³-hybridized carbons (Fsp3) is 1.00. The molecule has 3 heteroatoms. The summed E-state index contributed by atoms with van der Waals surface area (Å²) in [7, 11) is 2.96. The van der Waals surface area contributed by atoms with Crippen molar-refractivity contribution < 1.29 is 4.43 Å². The average molecular weight is 117 g/mol. The van der Waals surface area contributed by atoms with E-state index in [0.29, 0.717) is 6.10 Å². The van der Waals surface area contributed by atoms with Gasteiger partial charge in [-0.3, -0.25) is 0 Å². The third-order valence-corrected chi connectivity index (χ3v) is 2.32. The fourth-order valence-corrected chi connectivity index (χ4v) is 1.25. The molecular formula is C3H5OSSi. The Labute approximate surface area is 45.0 Å². The van der Waals surface area contributed by atoms with Gasteiger partial charge in [0.1, 0.15) is 0 Å². The summed E-state index contributed by atoms with van der Waals surface area (Å²) in [5, 5.41) is 0. The van der Waals surface area contributed by atoms with E-state index < -0.39 is 0 Å². The van der Waals surface area contributed by atoms with Crippen LogP contribution < -0.4 is 0 Å². The number of thioether (sulfide) groups is 1. The lowest BCUT2D eigenvalue weighted by atomic mass is 10.5. The van der Waals surface area contributed by atoms with Gasteiger partial charge in [-0.05, 0) is 0 Å². The minimum atomic E-state index is 0.492. The topological polar surface area (TPSA) is 9.23 Å². The lowest BCUT2D eigenvalue weighted by Gasteiger charge is -2.22. The van der Waals surface area contributed by atoms with Crippen molar-refractivity contribution in [2.24, 2.45) is 0 Å². The maximum atomic E-state index is 4.77. The van der Waals surface area contributed by atoms with E-state index in [1.807, 2.05) is 11.8 Å². The number of rotatable bonds is 1. The Morgan fingerprint density at radius 3 is 2.33 bits per heavy atom. The summed E-state index contributed by atoms with van der Waals surface area (Å²) in [6, 6.07) is 0. The van der Waals surface area contributed by atoms with Gasteiger partial charge in [0.25, 0.3) is 0 Å². The minimum Gasteiger partial charge on any atom is -0.414 e. The zero-order valence-electron chi connectivity index (χ0n) is 3.31. The van der Waals surface area contributed by atoms with E-state index in [0.717, 1.165) is 11.5 Å². The summed E-state index contributed by atoms with van der Waals surface area (Å²) in [4.78, 5) is 0. The van der Waals surface area contributed by atoms with Gasteiger partial charge in [-0.15, -0.1) is 0 Å². The highest BCUT2D eigenvalue weighted by atomic mass is 32.2. The Balaban J connectivity index is 2.01. The second kappa shape index (κ2) is 2.00. The molecule has 33 valence electrons. The Hall–Kier alpha value is 0.527. The smallest absolute Gasteiger partial charge is 0.246 e. The molecule has 1 nitrogen and oxygen atoms in total. The van der Waals surface area contributed by atoms with Gasteiger partial charge < -0.3 is 4.43 Å². The molecule has 1 aliphatic rings. The highest BCUT2D eigenvalue weighted by Crippen LogP contribution is 2.18. The Morgan fingerprint density at radius 1 is 1.67 bits per heavy atom. The molecule has 1 saturated heterocycles. The van der Waals surface area contributed by atoms with Gasteiger partial charge in [-0.2, -0.15) is 11.8 Å². The molecule has 0 aromatic heterocycles. The van der Waals surface area contributed by atoms with Gasteiger partial charge in [-0.1, -0.05) is 0 Å². The molecule has 0 amide bonds. The molecular weight excluding hydrogens is 112 g/mol. The van der Waals surface area contributed by atoms with Crippen LogP contribution in [0.15, 0.2) is 0 Å². The van der Waals surface area contributed by atoms with E-state index in [2.05, 4.69) is 10.5 Å². The fourth-order valence-electron chi connectivity index (χ4n) is 0.282. The molecule has 0 aliphatic carbocycles. The Bertz CT molecular complexity index is 43.3. The summed E-state index contributed by atoms with van der Waals surface area (Å²) >= 11 is 1.91. The largest absolute Gasteiger partial charge is 0.414 e. The van der Waals surface area contributed by atoms with Gasteiger partial charge in [0, 0.05) is 11.5 Å². The van der Waals surface area contributed by atoms with Crippen LogP contribution in [0.4, 0.5) is 0 Å². The lowest BCUT2D eigenvalue weighted by Crippen LogP contribution is -2.26. The SMILES string of the molecule is [Si]OC1CSC1. The van der Waals surface area contributed by atoms with Crippen LogP contribution in [0.3, 0.4) is 0 Å². The monoisotopic (exact) mass is 117 g/mol. The van der Waals surface area contributed by atoms with Crippen molar-refractivity contribution in [2.45, 2.75) is 6.10 Å². The first-order valence-corrected chi connectivity index (χ1v) is 3.40. The highest BCUT2D eigenvalue weighted by Gasteiger charge is 2.15. The molecule has 0 spiro atoms. The zero-order valence-corrected chi connectivity index (χ0v) is 5.12. The van der Waals surface area contributed by atoms with Gasteiger partial charge >= 0.3 is 0 Å². The molecule has 0 aromatic rings. The van der Waals surface area contributed by atoms with E-state index in [1.54, 1.807) is 0 Å². The molecule has 0 unspecified atom stereocenters. The summed E-state index contributed by atoms with van der Waals surface area (Å²) in [5.41, 5.74) is 0. The maximum absolute atomic E-state index is 4.77. The molecule has 6 heavy (non-hydrogen) atoms. The van der Waals surface area contributed by atoms with Crippen molar-refractivity contribution in [3.05, 3.63) is 0 Å². The molecule has 1 rings (SSSR count). The number of hydrogen-bond donors (Lipinski definition) is 0. The third kappa shape index (κ3) is 0.774. The molecule has 1 fully saturated rings. The minimum absolute atomic E-state index is 0.492. The van der Waals surface area contributed by atoms with Crippen LogP contribution in [0.1, 0.15) is 0 Å². The maximum Gasteiger partial charge on any atom is 0.246 e. The Morgan fingerprint density at radius 2 is 2.33 bits per heavy atom. The third-order valence-electron chi connectivity index (χ3n) is 0.774. The van der Waals surface area contributed by atoms with E-state index >= 15 is 0 Å². The van der Waals surface area contributed by atoms with Crippen molar-refractivity contribution in [3.63, 3.8) is 0 Å². The second-order valence-electron chi connectivity index (χ2n) is 1.28. The van der Waals surface area contributed by atoms with E-state index in [-0.39, 0.29) is 0 Å². The van der Waals surface area contributed by atoms with Gasteiger partial charge in [-0.25, -0.2) is 0 Å². The first-order valence-electron chi connectivity index (χ1n) is 1.83. The van der Waals surface area contributed by atoms with E-state index in [4.69, 9.17) is 4.43 Å². The molecule has 1 heterocycles. The molecule has 0 N–H and O–H groups in total. The molecule has 0 saturated carbocycles. The van der Waals surface area contributed by atoms with E-state index in [9.17, 15) is 0 Å². The average Bonchev–Trinajstić information content (AvgIpc) is 1.31. The predicted octanol–water partition coefficient (Wildman–Crippen LogP) is 0.202. The van der Waals surface area contributed by atoms with Crippen LogP contribution in [0, 0.1) is 0 Å². The van der Waals surface area contributed by atoms with Crippen molar-refractivity contribution in [2.75, 3.05) is 11.5 Å². The van der Waals surface area contributed by atoms with Gasteiger partial charge in [0.15, 0.2) is 0 Å². The highest BCUT2D eigenvalue weighted by molar-refractivity contribution is 8.00. The van der Waals surface area contributed by atoms with Gasteiger partial charge in [0.2, 0.25) is 10.5 Å². The van der Waals surface area contributed by atoms with Crippen LogP contribution >= 0.6 is 11.8 Å². The van der Waals surface area contributed by atoms with Gasteiger partial charge in [0.05, 0.1) is 6.10 Å². The second-order valence-corrected chi connectivity index (χ2v) is 2.59. The molecule has 0 aromatic carbocycles. The molecule has 0 bridgehead atoms. The molecule has 0 atom stereocenters. The quantitative estimate of drug-likeness (QED) is 0.454. The van der Waals surface area contributed by atoms with Crippen LogP contribution in [-0.4, -0.2) is 28.1 Å². The Kier molecular flexibility index (Phi) is 1.56. The van der Waals surface area contributed by atoms with Crippen LogP contribution in [0.5, 0.6) is 0 Å². The standard InChI is InChI=1S/C3H5OSSi/c6-4-3-1-5-2-3/h3H,1-2H2. The van der Waals surface area contributed by atoms with Crippen LogP contribution in [0.25, 0.3) is 0 Å². The summed E-state index contributed by atoms with van der Waals surface area (Å²) < 4.78 is 4.77. The molecule has 1 aliphatic heterocycles. The molecule has 3 radical (unpaired) electrons. The predicted molar refractivity (Wildman–Crippen MR) is 28.0 cm³/mol. The lowest BCUT2D eigenvalue weighted by molar-refractivity contribution is 0.265. The summed E-state index contributed by atoms with van der Waals surface area (Å²) in [6.07, 6.45) is 0.492. The van der Waals surface area contributed by atoms with Crippen LogP contribution in [-0.2, 0) is 4.43 Å². The van der Waals surface area contributed by atoms with Crippen molar-refractivity contribution in [3.8, 4) is 0 Å². The first kappa shape index (κ1) is 4.68. The zero-order chi connectivity index (χ0) is 4.41.